The van der Waals surface area contributed by atoms with Crippen LogP contribution < -0.4 is 10.6 Å². The summed E-state index contributed by atoms with van der Waals surface area (Å²) in [6, 6.07) is 0.599. The first-order chi connectivity index (χ1) is 11.0. The van der Waals surface area contributed by atoms with Crippen LogP contribution in [0, 0.1) is 17.8 Å². The van der Waals surface area contributed by atoms with Gasteiger partial charge in [0.25, 0.3) is 0 Å². The zero-order valence-electron chi connectivity index (χ0n) is 14.4. The second-order valence-corrected chi connectivity index (χ2v) is 7.74. The maximum atomic E-state index is 12.3. The third kappa shape index (κ3) is 3.79. The fraction of sp³-hybridized carbons (Fsp3) is 0.882. The highest BCUT2D eigenvalue weighted by Crippen LogP contribution is 2.40. The lowest BCUT2D eigenvalue weighted by Crippen LogP contribution is -2.46. The predicted molar refractivity (Wildman–Crippen MR) is 89.0 cm³/mol. The number of rotatable bonds is 4. The summed E-state index contributed by atoms with van der Waals surface area (Å²) in [7, 11) is 0. The molecule has 6 nitrogen and oxygen atoms in total. The van der Waals surface area contributed by atoms with Crippen molar-refractivity contribution in [1.29, 1.82) is 0 Å². The van der Waals surface area contributed by atoms with E-state index in [0.29, 0.717) is 30.3 Å². The van der Waals surface area contributed by atoms with E-state index in [1.807, 2.05) is 4.90 Å². The van der Waals surface area contributed by atoms with Gasteiger partial charge in [-0.05, 0) is 37.1 Å². The van der Waals surface area contributed by atoms with E-state index >= 15 is 0 Å². The second kappa shape index (κ2) is 7.07. The molecule has 3 aliphatic heterocycles. The van der Waals surface area contributed by atoms with Crippen molar-refractivity contribution in [2.24, 2.45) is 17.8 Å². The molecule has 0 spiro atoms. The van der Waals surface area contributed by atoms with Crippen LogP contribution in [0.1, 0.15) is 33.1 Å². The van der Waals surface area contributed by atoms with Crippen LogP contribution >= 0.6 is 0 Å². The first-order valence-corrected chi connectivity index (χ1v) is 9.08. The Labute approximate surface area is 139 Å². The molecule has 130 valence electrons. The quantitative estimate of drug-likeness (QED) is 0.808. The van der Waals surface area contributed by atoms with Crippen LogP contribution in [0.4, 0.5) is 4.79 Å². The van der Waals surface area contributed by atoms with Crippen LogP contribution in [0.2, 0.25) is 0 Å². The Hall–Kier alpha value is -1.30. The molecule has 0 aromatic rings. The van der Waals surface area contributed by atoms with Crippen LogP contribution in [0.25, 0.3) is 0 Å². The number of carbonyl (C=O) groups is 2. The first kappa shape index (κ1) is 16.6. The number of fused-ring (bicyclic) bond motifs is 3. The summed E-state index contributed by atoms with van der Waals surface area (Å²) >= 11 is 0. The standard InChI is InChI=1S/C17H30N4O2/c1-12(2)7-18-16(22)8-19-17(23)21-10-13-9-20-6-4-3-5-15(20)14(13)11-21/h12-15H,3-11H2,1-2H3,(H,18,22)(H,19,23)/t13-,14-,15-/m0/s1. The summed E-state index contributed by atoms with van der Waals surface area (Å²) in [6.07, 6.45) is 3.94. The molecule has 0 aliphatic carbocycles. The molecule has 3 heterocycles. The second-order valence-electron chi connectivity index (χ2n) is 7.74. The van der Waals surface area contributed by atoms with Crippen molar-refractivity contribution in [2.75, 3.05) is 39.3 Å². The maximum absolute atomic E-state index is 12.3. The third-order valence-corrected chi connectivity index (χ3v) is 5.51. The van der Waals surface area contributed by atoms with Crippen molar-refractivity contribution in [3.05, 3.63) is 0 Å². The number of carbonyl (C=O) groups excluding carboxylic acids is 2. The number of urea groups is 1. The molecule has 3 saturated heterocycles. The van der Waals surface area contributed by atoms with Gasteiger partial charge >= 0.3 is 6.03 Å². The highest BCUT2D eigenvalue weighted by atomic mass is 16.2. The highest BCUT2D eigenvalue weighted by molar-refractivity contribution is 5.84. The van der Waals surface area contributed by atoms with E-state index < -0.39 is 0 Å². The molecule has 0 radical (unpaired) electrons. The van der Waals surface area contributed by atoms with Gasteiger partial charge in [0.15, 0.2) is 0 Å². The Morgan fingerprint density at radius 2 is 1.96 bits per heavy atom. The molecular formula is C17H30N4O2. The molecule has 0 unspecified atom stereocenters. The predicted octanol–water partition coefficient (Wildman–Crippen LogP) is 0.884. The molecular weight excluding hydrogens is 292 g/mol. The minimum Gasteiger partial charge on any atom is -0.354 e. The highest BCUT2D eigenvalue weighted by Gasteiger charge is 2.48. The van der Waals surface area contributed by atoms with Gasteiger partial charge in [-0.15, -0.1) is 0 Å². The van der Waals surface area contributed by atoms with Crippen molar-refractivity contribution in [2.45, 2.75) is 39.2 Å². The fourth-order valence-corrected chi connectivity index (χ4v) is 4.37. The molecule has 3 amide bonds. The lowest BCUT2D eigenvalue weighted by molar-refractivity contribution is -0.120. The topological polar surface area (TPSA) is 64.7 Å². The van der Waals surface area contributed by atoms with E-state index in [1.165, 1.54) is 25.8 Å². The molecule has 0 aromatic carbocycles. The van der Waals surface area contributed by atoms with Crippen LogP contribution in [0.15, 0.2) is 0 Å². The van der Waals surface area contributed by atoms with E-state index in [2.05, 4.69) is 29.4 Å². The summed E-state index contributed by atoms with van der Waals surface area (Å²) < 4.78 is 0. The Morgan fingerprint density at radius 1 is 1.13 bits per heavy atom. The van der Waals surface area contributed by atoms with E-state index in [9.17, 15) is 9.59 Å². The van der Waals surface area contributed by atoms with Crippen molar-refractivity contribution in [3.8, 4) is 0 Å². The maximum Gasteiger partial charge on any atom is 0.317 e. The zero-order chi connectivity index (χ0) is 16.4. The van der Waals surface area contributed by atoms with Crippen LogP contribution in [-0.2, 0) is 4.79 Å². The SMILES string of the molecule is CC(C)CNC(=O)CNC(=O)N1C[C@@H]2CN3CCCC[C@H]3[C@H]2C1. The summed E-state index contributed by atoms with van der Waals surface area (Å²) in [5, 5.41) is 5.60. The average molecular weight is 322 g/mol. The van der Waals surface area contributed by atoms with Gasteiger partial charge in [0.1, 0.15) is 0 Å². The molecule has 2 N–H and O–H groups in total. The number of nitrogens with one attached hydrogen (secondary N) is 2. The van der Waals surface area contributed by atoms with Gasteiger partial charge in [-0.1, -0.05) is 20.3 Å². The van der Waals surface area contributed by atoms with E-state index in [-0.39, 0.29) is 18.5 Å². The molecule has 0 aromatic heterocycles. The molecule has 3 rings (SSSR count). The van der Waals surface area contributed by atoms with Gasteiger partial charge in [0.05, 0.1) is 6.54 Å². The van der Waals surface area contributed by atoms with Gasteiger partial charge in [0, 0.05) is 32.2 Å². The fourth-order valence-electron chi connectivity index (χ4n) is 4.37. The van der Waals surface area contributed by atoms with Gasteiger partial charge < -0.3 is 15.5 Å². The molecule has 3 atom stereocenters. The molecule has 6 heteroatoms. The van der Waals surface area contributed by atoms with E-state index in [4.69, 9.17) is 0 Å². The Bertz CT molecular complexity index is 454. The summed E-state index contributed by atoms with van der Waals surface area (Å²) in [4.78, 5) is 28.5. The zero-order valence-corrected chi connectivity index (χ0v) is 14.4. The van der Waals surface area contributed by atoms with Gasteiger partial charge in [-0.3, -0.25) is 9.69 Å². The normalized spacial score (nSPS) is 30.2. The average Bonchev–Trinajstić information content (AvgIpc) is 3.08. The summed E-state index contributed by atoms with van der Waals surface area (Å²) in [5.41, 5.74) is 0. The van der Waals surface area contributed by atoms with Gasteiger partial charge in [0.2, 0.25) is 5.91 Å². The van der Waals surface area contributed by atoms with Crippen molar-refractivity contribution < 1.29 is 9.59 Å². The van der Waals surface area contributed by atoms with Gasteiger partial charge in [-0.25, -0.2) is 4.79 Å². The lowest BCUT2D eigenvalue weighted by Gasteiger charge is -2.33. The number of amides is 3. The van der Waals surface area contributed by atoms with E-state index in [0.717, 1.165) is 19.6 Å². The first-order valence-electron chi connectivity index (χ1n) is 9.08. The van der Waals surface area contributed by atoms with E-state index in [1.54, 1.807) is 0 Å². The number of hydrogen-bond acceptors (Lipinski definition) is 3. The van der Waals surface area contributed by atoms with Crippen molar-refractivity contribution in [1.82, 2.24) is 20.4 Å². The Kier molecular flexibility index (Phi) is 5.09. The Balaban J connectivity index is 1.43. The molecule has 3 aliphatic rings. The monoisotopic (exact) mass is 322 g/mol. The minimum absolute atomic E-state index is 0.0763. The largest absolute Gasteiger partial charge is 0.354 e. The number of likely N-dealkylation sites (tertiary alicyclic amines) is 1. The molecule has 0 saturated carbocycles. The summed E-state index contributed by atoms with van der Waals surface area (Å²) in [6.45, 7) is 8.91. The Morgan fingerprint density at radius 3 is 2.74 bits per heavy atom. The molecule has 23 heavy (non-hydrogen) atoms. The smallest absolute Gasteiger partial charge is 0.317 e. The molecule has 0 bridgehead atoms. The van der Waals surface area contributed by atoms with Crippen molar-refractivity contribution in [3.63, 3.8) is 0 Å². The van der Waals surface area contributed by atoms with Crippen LogP contribution in [0.3, 0.4) is 0 Å². The minimum atomic E-state index is -0.107. The lowest BCUT2D eigenvalue weighted by atomic mass is 9.90. The number of hydrogen-bond donors (Lipinski definition) is 2. The number of piperidine rings is 1. The van der Waals surface area contributed by atoms with Crippen LogP contribution in [0.5, 0.6) is 0 Å². The van der Waals surface area contributed by atoms with Gasteiger partial charge in [-0.2, -0.15) is 0 Å². The summed E-state index contributed by atoms with van der Waals surface area (Å²) in [5.74, 6) is 1.57. The van der Waals surface area contributed by atoms with Crippen LogP contribution in [-0.4, -0.2) is 67.0 Å². The van der Waals surface area contributed by atoms with Crippen molar-refractivity contribution >= 4 is 11.9 Å². The third-order valence-electron chi connectivity index (χ3n) is 5.51. The number of nitrogens with zero attached hydrogens (tertiary/aromatic N) is 2. The molecule has 3 fully saturated rings.